The van der Waals surface area contributed by atoms with Crippen LogP contribution in [-0.4, -0.2) is 88.7 Å². The molecule has 3 aliphatic rings. The van der Waals surface area contributed by atoms with Crippen molar-refractivity contribution in [2.45, 2.75) is 51.9 Å². The summed E-state index contributed by atoms with van der Waals surface area (Å²) in [6.07, 6.45) is 5.70. The summed E-state index contributed by atoms with van der Waals surface area (Å²) in [6, 6.07) is 47.9. The number of para-hydroxylation sites is 2. The van der Waals surface area contributed by atoms with E-state index in [4.69, 9.17) is 20.1 Å². The van der Waals surface area contributed by atoms with Crippen molar-refractivity contribution in [1.82, 2.24) is 25.4 Å². The number of hydroxylamine groups is 4. The van der Waals surface area contributed by atoms with Crippen molar-refractivity contribution in [2.24, 2.45) is 17.6 Å². The number of carbonyl (C=O) groups is 2. The van der Waals surface area contributed by atoms with Crippen LogP contribution >= 0.6 is 0 Å². The molecule has 8 aromatic rings. The number of nitrogens with two attached hydrogens (primary N) is 1. The zero-order chi connectivity index (χ0) is 51.2. The van der Waals surface area contributed by atoms with Crippen LogP contribution in [0.2, 0.25) is 0 Å². The lowest BCUT2D eigenvalue weighted by Crippen LogP contribution is -2.47. The van der Waals surface area contributed by atoms with Crippen LogP contribution in [0.5, 0.6) is 0 Å². The van der Waals surface area contributed by atoms with E-state index in [0.29, 0.717) is 46.0 Å². The molecule has 3 saturated heterocycles. The van der Waals surface area contributed by atoms with Crippen LogP contribution in [0.15, 0.2) is 158 Å². The zero-order valence-electron chi connectivity index (χ0n) is 41.9. The molecule has 0 unspecified atom stereocenters. The van der Waals surface area contributed by atoms with Gasteiger partial charge in [0.15, 0.2) is 0 Å². The first kappa shape index (κ1) is 51.1. The summed E-state index contributed by atoms with van der Waals surface area (Å²) < 4.78 is 5.11. The first-order chi connectivity index (χ1) is 36.2. The third kappa shape index (κ3) is 13.1. The molecule has 4 atom stereocenters. The van der Waals surface area contributed by atoms with E-state index < -0.39 is 6.04 Å². The zero-order valence-corrected chi connectivity index (χ0v) is 41.9. The second-order valence-electron chi connectivity index (χ2n) is 18.9. The molecular formula is C62H62N6O6. The quantitative estimate of drug-likeness (QED) is 0.0635. The van der Waals surface area contributed by atoms with Gasteiger partial charge in [0.1, 0.15) is 12.1 Å². The predicted molar refractivity (Wildman–Crippen MR) is 289 cm³/mol. The predicted octanol–water partition coefficient (Wildman–Crippen LogP) is 8.31. The van der Waals surface area contributed by atoms with Gasteiger partial charge in [0.25, 0.3) is 0 Å². The van der Waals surface area contributed by atoms with Gasteiger partial charge in [-0.05, 0) is 116 Å². The fraction of sp³-hybridized carbons (Fsp3) is 0.258. The van der Waals surface area contributed by atoms with Gasteiger partial charge >= 0.3 is 5.97 Å². The van der Waals surface area contributed by atoms with Gasteiger partial charge in [0.2, 0.25) is 5.91 Å². The van der Waals surface area contributed by atoms with E-state index in [9.17, 15) is 14.7 Å². The average Bonchev–Trinajstić information content (AvgIpc) is 4.29. The van der Waals surface area contributed by atoms with Crippen LogP contribution in [0.4, 0.5) is 0 Å². The number of amides is 1. The number of carbonyl (C=O) groups excluding carboxylic acids is 2. The number of aromatic amines is 2. The van der Waals surface area contributed by atoms with Gasteiger partial charge in [0.05, 0.1) is 39.5 Å². The summed E-state index contributed by atoms with van der Waals surface area (Å²) in [7, 11) is 0. The van der Waals surface area contributed by atoms with Gasteiger partial charge in [-0.1, -0.05) is 120 Å². The summed E-state index contributed by atoms with van der Waals surface area (Å²) in [5.41, 5.74) is 18.7. The number of esters is 1. The minimum atomic E-state index is -0.547. The van der Waals surface area contributed by atoms with Crippen LogP contribution in [-0.2, 0) is 49.9 Å². The summed E-state index contributed by atoms with van der Waals surface area (Å²) in [5.74, 6) is 12.3. The Kier molecular flexibility index (Phi) is 17.1. The fourth-order valence-corrected chi connectivity index (χ4v) is 9.27. The van der Waals surface area contributed by atoms with Crippen molar-refractivity contribution in [3.63, 3.8) is 0 Å². The molecule has 5 heterocycles. The van der Waals surface area contributed by atoms with E-state index in [1.54, 1.807) is 10.1 Å². The number of nitrogens with zero attached hydrogens (tertiary/aromatic N) is 2. The number of H-pyrrole nitrogens is 2. The number of aliphatic hydroxyl groups is 1. The van der Waals surface area contributed by atoms with Crippen molar-refractivity contribution in [1.29, 1.82) is 0 Å². The Hall–Kier alpha value is -7.78. The largest absolute Gasteiger partial charge is 0.464 e. The maximum atomic E-state index is 13.1. The molecule has 0 aliphatic carbocycles. The number of fused-ring (bicyclic) bond motifs is 3. The van der Waals surface area contributed by atoms with Crippen molar-refractivity contribution in [3.05, 3.63) is 214 Å². The lowest BCUT2D eigenvalue weighted by molar-refractivity contribution is -0.170. The van der Waals surface area contributed by atoms with Gasteiger partial charge in [-0.25, -0.2) is 0 Å². The maximum Gasteiger partial charge on any atom is 0.326 e. The van der Waals surface area contributed by atoms with Gasteiger partial charge < -0.3 is 30.9 Å². The number of nitrogens with one attached hydrogen (secondary N) is 3. The van der Waals surface area contributed by atoms with Crippen molar-refractivity contribution in [2.75, 3.05) is 39.5 Å². The average molecular weight is 987 g/mol. The van der Waals surface area contributed by atoms with E-state index in [2.05, 4.69) is 101 Å². The highest BCUT2D eigenvalue weighted by Crippen LogP contribution is 2.30. The molecular weight excluding hydrogens is 925 g/mol. The Bertz CT molecular complexity index is 3270. The number of cyclic esters (lactones) is 1. The molecule has 0 spiro atoms. The van der Waals surface area contributed by atoms with Crippen molar-refractivity contribution >= 4 is 33.7 Å². The Morgan fingerprint density at radius 3 is 1.62 bits per heavy atom. The number of aromatic nitrogens is 2. The molecule has 11 rings (SSSR count). The first-order valence-electron chi connectivity index (χ1n) is 25.2. The molecule has 3 aliphatic heterocycles. The van der Waals surface area contributed by atoms with E-state index in [1.807, 2.05) is 109 Å². The molecule has 74 heavy (non-hydrogen) atoms. The van der Waals surface area contributed by atoms with E-state index in [-0.39, 0.29) is 36.4 Å². The van der Waals surface area contributed by atoms with Gasteiger partial charge in [-0.15, -0.1) is 0 Å². The van der Waals surface area contributed by atoms with E-state index in [0.717, 1.165) is 51.7 Å². The molecule has 6 N–H and O–H groups in total. The van der Waals surface area contributed by atoms with Gasteiger partial charge in [-0.3, -0.25) is 19.3 Å². The topological polar surface area (TPSA) is 158 Å². The molecule has 0 bridgehead atoms. The standard InChI is InChI=1S/C31H31N3O3.C21H19NO3.C10H12N2/c1-22-6-8-23(9-7-22)10-11-24-12-14-25(15-13-24)19-34-30(27(20-35)21-37-34)31(36)32-17-16-26-18-33-29-5-3-2-4-28(26)29;1-15-2-4-16(5-3-15)6-7-17-8-10-18(11-9-17)12-22-20-19(14-25-22)13-24-21(20)23;11-6-5-8-7-12-10-4-2-1-3-9(8)10/h2-9,12-15,18,27,30,33,35H,16-17,19-21H2,1H3,(H,32,36);2-5,8-11,19-20H,12-14H2,1H3;1-4,7,12H,5-6,11H2/t27-,30+;19-,20+;/m11./s1. The Morgan fingerprint density at radius 1 is 0.635 bits per heavy atom. The molecule has 0 saturated carbocycles. The number of aryl methyl sites for hydroxylation is 2. The molecule has 12 heteroatoms. The summed E-state index contributed by atoms with van der Waals surface area (Å²) in [5, 5.41) is 18.8. The number of benzene rings is 6. The highest BCUT2D eigenvalue weighted by molar-refractivity contribution is 5.84. The van der Waals surface area contributed by atoms with E-state index in [1.165, 1.54) is 38.5 Å². The first-order valence-corrected chi connectivity index (χ1v) is 25.2. The lowest BCUT2D eigenvalue weighted by Gasteiger charge is -2.24. The third-order valence-corrected chi connectivity index (χ3v) is 13.5. The van der Waals surface area contributed by atoms with E-state index >= 15 is 0 Å². The van der Waals surface area contributed by atoms with Crippen LogP contribution in [0.3, 0.4) is 0 Å². The number of hydrogen-bond donors (Lipinski definition) is 5. The van der Waals surface area contributed by atoms with Crippen LogP contribution < -0.4 is 11.1 Å². The second kappa shape index (κ2) is 24.8. The smallest absolute Gasteiger partial charge is 0.326 e. The summed E-state index contributed by atoms with van der Waals surface area (Å²) >= 11 is 0. The molecule has 1 amide bonds. The Labute approximate surface area is 432 Å². The molecule has 12 nitrogen and oxygen atoms in total. The summed E-state index contributed by atoms with van der Waals surface area (Å²) in [6.45, 7) is 7.59. The normalized spacial score (nSPS) is 18.0. The summed E-state index contributed by atoms with van der Waals surface area (Å²) in [4.78, 5) is 42.9. The minimum Gasteiger partial charge on any atom is -0.464 e. The van der Waals surface area contributed by atoms with Crippen LogP contribution in [0.1, 0.15) is 55.6 Å². The lowest BCUT2D eigenvalue weighted by atomic mass is 10.0. The van der Waals surface area contributed by atoms with Crippen LogP contribution in [0, 0.1) is 49.4 Å². The number of aliphatic hydroxyl groups excluding tert-OH is 1. The third-order valence-electron chi connectivity index (χ3n) is 13.5. The van der Waals surface area contributed by atoms with Gasteiger partial charge in [-0.2, -0.15) is 10.1 Å². The fourth-order valence-electron chi connectivity index (χ4n) is 9.27. The Morgan fingerprint density at radius 2 is 1.11 bits per heavy atom. The van der Waals surface area contributed by atoms with Crippen LogP contribution in [0.25, 0.3) is 21.8 Å². The highest BCUT2D eigenvalue weighted by Gasteiger charge is 2.47. The Balaban J connectivity index is 0.000000155. The molecule has 2 aromatic heterocycles. The SMILES string of the molecule is Cc1ccc(C#Cc2ccc(CN3OC[C@@H](CO)[C@H]3C(=O)NCCc3c[nH]c4ccccc34)cc2)cc1.Cc1ccc(C#Cc2ccc(CN3OC[C@H]4COC(=O)[C@H]43)cc2)cc1.NCCc1c[nH]c2ccccc12. The molecule has 3 fully saturated rings. The minimum absolute atomic E-state index is 0.107. The number of rotatable bonds is 11. The van der Waals surface area contributed by atoms with Crippen molar-refractivity contribution < 1.29 is 29.1 Å². The maximum absolute atomic E-state index is 13.1. The monoisotopic (exact) mass is 986 g/mol. The molecule has 0 radical (unpaired) electrons. The highest BCUT2D eigenvalue weighted by atomic mass is 16.7. The molecule has 376 valence electrons. The second-order valence-corrected chi connectivity index (χ2v) is 18.9. The molecule has 6 aromatic carbocycles. The number of ether oxygens (including phenoxy) is 1. The van der Waals surface area contributed by atoms with Gasteiger partial charge in [0, 0.05) is 74.8 Å². The van der Waals surface area contributed by atoms with Crippen molar-refractivity contribution in [3.8, 4) is 23.7 Å². The number of hydrogen-bond acceptors (Lipinski definition) is 9.